The lowest BCUT2D eigenvalue weighted by Crippen LogP contribution is -2.43. The Morgan fingerprint density at radius 1 is 1.04 bits per heavy atom. The van der Waals surface area contributed by atoms with E-state index >= 15 is 4.39 Å². The second kappa shape index (κ2) is 11.5. The number of alkyl halides is 3. The Bertz CT molecular complexity index is 1880. The van der Waals surface area contributed by atoms with E-state index in [1.54, 1.807) is 0 Å². The van der Waals surface area contributed by atoms with E-state index < -0.39 is 41.4 Å². The Kier molecular flexibility index (Phi) is 7.38. The molecule has 6 heterocycles. The number of hydrogen-bond acceptors (Lipinski definition) is 9. The maximum atomic E-state index is 16.9. The highest BCUT2D eigenvalue weighted by molar-refractivity contribution is 6.04. The van der Waals surface area contributed by atoms with Gasteiger partial charge in [-0.25, -0.2) is 18.2 Å². The van der Waals surface area contributed by atoms with Crippen molar-refractivity contribution in [2.24, 2.45) is 0 Å². The van der Waals surface area contributed by atoms with Crippen molar-refractivity contribution >= 4 is 27.5 Å². The first-order chi connectivity index (χ1) is 22.7. The van der Waals surface area contributed by atoms with Crippen LogP contribution in [0.1, 0.15) is 44.9 Å². The summed E-state index contributed by atoms with van der Waals surface area (Å²) in [7, 11) is 0. The van der Waals surface area contributed by atoms with Crippen LogP contribution in [0.25, 0.3) is 32.9 Å². The molecule has 0 saturated carbocycles. The normalized spacial score (nSPS) is 24.3. The van der Waals surface area contributed by atoms with E-state index in [0.717, 1.165) is 57.2 Å². The van der Waals surface area contributed by atoms with Gasteiger partial charge in [-0.15, -0.1) is 0 Å². The largest absolute Gasteiger partial charge is 0.508 e. The van der Waals surface area contributed by atoms with Crippen LogP contribution in [-0.2, 0) is 0 Å². The summed E-state index contributed by atoms with van der Waals surface area (Å²) in [6.07, 6.45) is 4.68. The first-order valence-electron chi connectivity index (χ1n) is 15.9. The van der Waals surface area contributed by atoms with Gasteiger partial charge in [0.15, 0.2) is 17.4 Å². The van der Waals surface area contributed by atoms with Crippen molar-refractivity contribution in [1.82, 2.24) is 19.9 Å². The number of rotatable bonds is 6. The first-order valence-corrected chi connectivity index (χ1v) is 15.9. The number of halogens is 5. The van der Waals surface area contributed by atoms with Crippen molar-refractivity contribution in [2.45, 2.75) is 69.3 Å². The van der Waals surface area contributed by atoms with Crippen molar-refractivity contribution in [3.05, 3.63) is 35.9 Å². The Morgan fingerprint density at radius 3 is 2.77 bits per heavy atom. The molecule has 1 N–H and O–H groups in total. The summed E-state index contributed by atoms with van der Waals surface area (Å²) in [6.45, 7) is -1.31. The Hall–Kier alpha value is -4.20. The quantitative estimate of drug-likeness (QED) is 0.233. The minimum atomic E-state index is -3.38. The van der Waals surface area contributed by atoms with Crippen LogP contribution in [0.3, 0.4) is 0 Å². The number of phenolic OH excluding ortho intramolecular Hbond substituents is 1. The SMILES string of the molecule is Oc1cc(-c2nc3c4c(nc(OC[C@@]56CCCN5C[C@H](F)C6)nc4c2F)N2CCCCC[C@H]2CO3)c2c(OC(F)F)c(F)ccc2c1. The number of hydrogen-bond donors (Lipinski definition) is 1. The van der Waals surface area contributed by atoms with Gasteiger partial charge in [-0.05, 0) is 55.8 Å². The molecule has 0 bridgehead atoms. The van der Waals surface area contributed by atoms with Gasteiger partial charge in [0.2, 0.25) is 5.88 Å². The fourth-order valence-corrected chi connectivity index (χ4v) is 7.89. The topological polar surface area (TPSA) is 93.1 Å². The van der Waals surface area contributed by atoms with Gasteiger partial charge in [0, 0.05) is 30.5 Å². The van der Waals surface area contributed by atoms with Gasteiger partial charge in [-0.2, -0.15) is 18.7 Å². The molecule has 8 rings (SSSR count). The maximum Gasteiger partial charge on any atom is 0.387 e. The molecule has 0 radical (unpaired) electrons. The van der Waals surface area contributed by atoms with Gasteiger partial charge in [0.25, 0.3) is 0 Å². The molecule has 4 aliphatic heterocycles. The number of phenols is 1. The van der Waals surface area contributed by atoms with Gasteiger partial charge < -0.3 is 24.2 Å². The van der Waals surface area contributed by atoms with E-state index in [1.165, 1.54) is 12.1 Å². The summed E-state index contributed by atoms with van der Waals surface area (Å²) < 4.78 is 90.2. The molecule has 14 heteroatoms. The molecule has 3 saturated heterocycles. The fraction of sp³-hybridized carbons (Fsp3) is 0.485. The molecule has 3 atom stereocenters. The third-order valence-corrected chi connectivity index (χ3v) is 9.97. The summed E-state index contributed by atoms with van der Waals surface area (Å²) in [5.74, 6) is -2.82. The van der Waals surface area contributed by atoms with Crippen molar-refractivity contribution < 1.29 is 41.3 Å². The number of aromatic nitrogens is 3. The third-order valence-electron chi connectivity index (χ3n) is 9.97. The Labute approximate surface area is 266 Å². The molecule has 2 aromatic carbocycles. The Morgan fingerprint density at radius 2 is 1.91 bits per heavy atom. The van der Waals surface area contributed by atoms with Crippen molar-refractivity contribution in [2.75, 3.05) is 37.7 Å². The molecule has 0 spiro atoms. The summed E-state index contributed by atoms with van der Waals surface area (Å²) >= 11 is 0. The monoisotopic (exact) mass is 657 g/mol. The lowest BCUT2D eigenvalue weighted by molar-refractivity contribution is -0.0510. The van der Waals surface area contributed by atoms with E-state index in [0.29, 0.717) is 25.3 Å². The number of anilines is 1. The molecular formula is C33H32F5N5O4. The standard InChI is InChI=1S/C33H32F5N5O4/c34-18-13-33(8-4-9-42(33)14-18)16-46-32-40-27-24-29(41-32)43-10-3-1-2-5-19(43)15-45-30(24)39-26(25(27)36)21-12-20(44)11-17-6-7-22(35)28(23(17)21)47-31(37)38/h6-7,11-12,18-19,31,44H,1-5,8-10,13-16H2/t18-,19+,33+/m1/s1. The molecule has 2 aromatic heterocycles. The van der Waals surface area contributed by atoms with Gasteiger partial charge in [0.1, 0.15) is 47.5 Å². The molecule has 0 aliphatic carbocycles. The molecule has 0 amide bonds. The molecular weight excluding hydrogens is 625 g/mol. The van der Waals surface area contributed by atoms with Crippen LogP contribution in [-0.4, -0.2) is 82.2 Å². The van der Waals surface area contributed by atoms with E-state index in [4.69, 9.17) is 14.5 Å². The number of pyridine rings is 1. The minimum absolute atomic E-state index is 0.00636. The number of ether oxygens (including phenoxy) is 3. The molecule has 3 fully saturated rings. The van der Waals surface area contributed by atoms with Crippen molar-refractivity contribution in [1.29, 1.82) is 0 Å². The fourth-order valence-electron chi connectivity index (χ4n) is 7.89. The zero-order valence-electron chi connectivity index (χ0n) is 25.3. The van der Waals surface area contributed by atoms with Gasteiger partial charge in [-0.1, -0.05) is 18.9 Å². The molecule has 4 aromatic rings. The van der Waals surface area contributed by atoms with Crippen LogP contribution in [0.2, 0.25) is 0 Å². The summed E-state index contributed by atoms with van der Waals surface area (Å²) in [6, 6.07) is 4.32. The lowest BCUT2D eigenvalue weighted by atomic mass is 9.95. The second-order valence-corrected chi connectivity index (χ2v) is 12.9. The first kappa shape index (κ1) is 30.2. The lowest BCUT2D eigenvalue weighted by Gasteiger charge is -2.31. The summed E-state index contributed by atoms with van der Waals surface area (Å²) in [5.41, 5.74) is -1.31. The number of aromatic hydroxyl groups is 1. The van der Waals surface area contributed by atoms with E-state index in [2.05, 4.69) is 24.5 Å². The predicted octanol–water partition coefficient (Wildman–Crippen LogP) is 6.53. The average molecular weight is 658 g/mol. The molecule has 0 unspecified atom stereocenters. The van der Waals surface area contributed by atoms with E-state index in [1.807, 2.05) is 0 Å². The van der Waals surface area contributed by atoms with Crippen LogP contribution in [0.4, 0.5) is 27.8 Å². The highest BCUT2D eigenvalue weighted by atomic mass is 19.3. The van der Waals surface area contributed by atoms with Crippen LogP contribution in [0.15, 0.2) is 24.3 Å². The van der Waals surface area contributed by atoms with Crippen LogP contribution in [0.5, 0.6) is 23.4 Å². The van der Waals surface area contributed by atoms with Crippen molar-refractivity contribution in [3.8, 4) is 34.6 Å². The van der Waals surface area contributed by atoms with Crippen LogP contribution < -0.4 is 19.1 Å². The van der Waals surface area contributed by atoms with E-state index in [9.17, 15) is 22.7 Å². The molecule has 47 heavy (non-hydrogen) atoms. The summed E-state index contributed by atoms with van der Waals surface area (Å²) in [5, 5.41) is 10.7. The zero-order valence-corrected chi connectivity index (χ0v) is 25.3. The van der Waals surface area contributed by atoms with Crippen molar-refractivity contribution in [3.63, 3.8) is 0 Å². The van der Waals surface area contributed by atoms with Gasteiger partial charge >= 0.3 is 12.6 Å². The highest BCUT2D eigenvalue weighted by Crippen LogP contribution is 2.46. The van der Waals surface area contributed by atoms with Gasteiger partial charge in [0.05, 0.1) is 11.6 Å². The predicted molar refractivity (Wildman–Crippen MR) is 162 cm³/mol. The number of nitrogens with zero attached hydrogens (tertiary/aromatic N) is 5. The Balaban J connectivity index is 1.33. The van der Waals surface area contributed by atoms with Crippen LogP contribution in [0, 0.1) is 11.6 Å². The summed E-state index contributed by atoms with van der Waals surface area (Å²) in [4.78, 5) is 17.9. The highest BCUT2D eigenvalue weighted by Gasteiger charge is 2.49. The second-order valence-electron chi connectivity index (χ2n) is 12.9. The average Bonchev–Trinajstić information content (AvgIpc) is 3.39. The molecule has 9 nitrogen and oxygen atoms in total. The zero-order chi connectivity index (χ0) is 32.4. The minimum Gasteiger partial charge on any atom is -0.508 e. The molecule has 4 aliphatic rings. The third kappa shape index (κ3) is 5.11. The number of fused-ring (bicyclic) bond motifs is 4. The van der Waals surface area contributed by atoms with E-state index in [-0.39, 0.29) is 64.1 Å². The van der Waals surface area contributed by atoms with Gasteiger partial charge in [-0.3, -0.25) is 4.90 Å². The smallest absolute Gasteiger partial charge is 0.387 e. The van der Waals surface area contributed by atoms with Crippen LogP contribution >= 0.6 is 0 Å². The maximum absolute atomic E-state index is 16.9. The molecule has 248 valence electrons. The number of benzene rings is 2.